The molecule has 0 saturated heterocycles. The molecule has 7 heteroatoms. The number of nitriles is 1. The minimum atomic E-state index is -3.97. The van der Waals surface area contributed by atoms with Crippen molar-refractivity contribution < 1.29 is 12.8 Å². The van der Waals surface area contributed by atoms with Gasteiger partial charge in [-0.2, -0.15) is 5.26 Å². The quantitative estimate of drug-likeness (QED) is 0.946. The number of hydrogen-bond donors (Lipinski definition) is 1. The third-order valence-corrected chi connectivity index (χ3v) is 4.05. The molecule has 0 saturated carbocycles. The summed E-state index contributed by atoms with van der Waals surface area (Å²) in [7, 11) is -3.97. The number of benzene rings is 2. The molecule has 2 aromatic carbocycles. The van der Waals surface area contributed by atoms with Crippen molar-refractivity contribution in [1.82, 2.24) is 0 Å². The van der Waals surface area contributed by atoms with E-state index in [9.17, 15) is 12.8 Å². The van der Waals surface area contributed by atoms with Gasteiger partial charge in [0.1, 0.15) is 5.82 Å². The highest BCUT2D eigenvalue weighted by Gasteiger charge is 2.16. The molecule has 0 aliphatic rings. The molecule has 0 heterocycles. The highest BCUT2D eigenvalue weighted by Crippen LogP contribution is 2.22. The second-order valence-electron chi connectivity index (χ2n) is 3.87. The van der Waals surface area contributed by atoms with E-state index in [0.29, 0.717) is 0 Å². The highest BCUT2D eigenvalue weighted by molar-refractivity contribution is 7.92. The number of sulfonamides is 1. The van der Waals surface area contributed by atoms with Gasteiger partial charge in [-0.3, -0.25) is 4.72 Å². The van der Waals surface area contributed by atoms with Gasteiger partial charge >= 0.3 is 0 Å². The van der Waals surface area contributed by atoms with E-state index in [4.69, 9.17) is 16.9 Å². The maximum Gasteiger partial charge on any atom is 0.262 e. The zero-order chi connectivity index (χ0) is 14.8. The van der Waals surface area contributed by atoms with Crippen LogP contribution in [0.3, 0.4) is 0 Å². The fraction of sp³-hybridized carbons (Fsp3) is 0. The Morgan fingerprint density at radius 1 is 1.20 bits per heavy atom. The Hall–Kier alpha value is -2.10. The van der Waals surface area contributed by atoms with Gasteiger partial charge in [0.05, 0.1) is 22.2 Å². The Labute approximate surface area is 120 Å². The molecule has 20 heavy (non-hydrogen) atoms. The molecule has 0 atom stereocenters. The summed E-state index contributed by atoms with van der Waals surface area (Å²) in [5, 5.41) is 8.92. The van der Waals surface area contributed by atoms with E-state index in [2.05, 4.69) is 4.72 Å². The highest BCUT2D eigenvalue weighted by atomic mass is 35.5. The number of rotatable bonds is 3. The molecule has 0 unspecified atom stereocenters. The Morgan fingerprint density at radius 3 is 2.60 bits per heavy atom. The number of hydrogen-bond acceptors (Lipinski definition) is 3. The molecule has 4 nitrogen and oxygen atoms in total. The average molecular weight is 311 g/mol. The van der Waals surface area contributed by atoms with E-state index in [1.165, 1.54) is 36.4 Å². The zero-order valence-corrected chi connectivity index (χ0v) is 11.5. The molecule has 2 rings (SSSR count). The third kappa shape index (κ3) is 3.07. The molecule has 0 radical (unpaired) electrons. The molecule has 0 fully saturated rings. The lowest BCUT2D eigenvalue weighted by Crippen LogP contribution is -2.14. The lowest BCUT2D eigenvalue weighted by Gasteiger charge is -2.09. The summed E-state index contributed by atoms with van der Waals surface area (Å²) >= 11 is 5.59. The summed E-state index contributed by atoms with van der Waals surface area (Å²) in [6.07, 6.45) is 0. The van der Waals surface area contributed by atoms with Gasteiger partial charge in [0, 0.05) is 5.02 Å². The average Bonchev–Trinajstić information content (AvgIpc) is 2.42. The van der Waals surface area contributed by atoms with Crippen molar-refractivity contribution in [2.75, 3.05) is 4.72 Å². The number of nitrogens with one attached hydrogen (secondary N) is 1. The van der Waals surface area contributed by atoms with Gasteiger partial charge in [0.25, 0.3) is 10.0 Å². The van der Waals surface area contributed by atoms with Gasteiger partial charge < -0.3 is 0 Å². The standard InChI is InChI=1S/C13H8ClFN2O2S/c14-10-4-5-13(12(15)7-10)17-20(18,19)11-3-1-2-9(6-11)8-16/h1-7,17H. The minimum Gasteiger partial charge on any atom is -0.277 e. The van der Waals surface area contributed by atoms with E-state index in [1.54, 1.807) is 0 Å². The smallest absolute Gasteiger partial charge is 0.262 e. The van der Waals surface area contributed by atoms with Crippen LogP contribution >= 0.6 is 11.6 Å². The van der Waals surface area contributed by atoms with Crippen LogP contribution in [-0.4, -0.2) is 8.42 Å². The largest absolute Gasteiger partial charge is 0.277 e. The van der Waals surface area contributed by atoms with Gasteiger partial charge in [0.15, 0.2) is 0 Å². The first-order valence-electron chi connectivity index (χ1n) is 5.40. The first kappa shape index (κ1) is 14.3. The summed E-state index contributed by atoms with van der Waals surface area (Å²) in [4.78, 5) is -0.120. The van der Waals surface area contributed by atoms with E-state index >= 15 is 0 Å². The van der Waals surface area contributed by atoms with E-state index < -0.39 is 15.8 Å². The summed E-state index contributed by atoms with van der Waals surface area (Å²) in [5.74, 6) is -0.780. The van der Waals surface area contributed by atoms with Crippen LogP contribution in [0.15, 0.2) is 47.4 Å². The topological polar surface area (TPSA) is 70.0 Å². The Kier molecular flexibility index (Phi) is 3.93. The first-order chi connectivity index (χ1) is 9.42. The van der Waals surface area contributed by atoms with Gasteiger partial charge in [-0.05, 0) is 36.4 Å². The summed E-state index contributed by atoms with van der Waals surface area (Å²) in [6, 6.07) is 10.9. The molecule has 0 spiro atoms. The lowest BCUT2D eigenvalue weighted by molar-refractivity contribution is 0.598. The van der Waals surface area contributed by atoms with Crippen LogP contribution in [0.4, 0.5) is 10.1 Å². The molecule has 2 aromatic rings. The second kappa shape index (κ2) is 5.49. The van der Waals surface area contributed by atoms with E-state index in [0.717, 1.165) is 6.07 Å². The molecular weight excluding hydrogens is 303 g/mol. The van der Waals surface area contributed by atoms with Crippen LogP contribution in [0, 0.1) is 17.1 Å². The first-order valence-corrected chi connectivity index (χ1v) is 7.26. The van der Waals surface area contributed by atoms with Crippen LogP contribution < -0.4 is 4.72 Å². The molecule has 1 N–H and O–H groups in total. The van der Waals surface area contributed by atoms with Crippen molar-refractivity contribution in [2.24, 2.45) is 0 Å². The van der Waals surface area contributed by atoms with Crippen LogP contribution in [0.1, 0.15) is 5.56 Å². The summed E-state index contributed by atoms with van der Waals surface area (Å²) in [6.45, 7) is 0. The molecule has 102 valence electrons. The lowest BCUT2D eigenvalue weighted by atomic mass is 10.2. The van der Waals surface area contributed by atoms with Gasteiger partial charge in [-0.25, -0.2) is 12.8 Å². The van der Waals surface area contributed by atoms with E-state index in [1.807, 2.05) is 6.07 Å². The predicted molar refractivity (Wildman–Crippen MR) is 73.4 cm³/mol. The van der Waals surface area contributed by atoms with Crippen LogP contribution in [-0.2, 0) is 10.0 Å². The zero-order valence-electron chi connectivity index (χ0n) is 9.97. The van der Waals surface area contributed by atoms with Gasteiger partial charge in [-0.1, -0.05) is 17.7 Å². The van der Waals surface area contributed by atoms with Crippen molar-refractivity contribution in [3.05, 3.63) is 58.9 Å². The van der Waals surface area contributed by atoms with Crippen molar-refractivity contribution in [1.29, 1.82) is 5.26 Å². The molecule has 0 aromatic heterocycles. The summed E-state index contributed by atoms with van der Waals surface area (Å²) in [5.41, 5.74) is -0.0128. The van der Waals surface area contributed by atoms with Crippen LogP contribution in [0.25, 0.3) is 0 Å². The third-order valence-electron chi connectivity index (χ3n) is 2.45. The molecule has 0 amide bonds. The summed E-state index contributed by atoms with van der Waals surface area (Å²) < 4.78 is 39.9. The number of nitrogens with zero attached hydrogens (tertiary/aromatic N) is 1. The number of anilines is 1. The molecule has 0 aliphatic carbocycles. The van der Waals surface area contributed by atoms with Gasteiger partial charge in [0.2, 0.25) is 0 Å². The minimum absolute atomic E-state index is 0.120. The fourth-order valence-corrected chi connectivity index (χ4v) is 2.78. The Bertz CT molecular complexity index is 800. The predicted octanol–water partition coefficient (Wildman–Crippen LogP) is 3.15. The molecule has 0 aliphatic heterocycles. The van der Waals surface area contributed by atoms with Crippen LogP contribution in [0.2, 0.25) is 5.02 Å². The number of halogens is 2. The maximum absolute atomic E-state index is 13.6. The van der Waals surface area contributed by atoms with Gasteiger partial charge in [-0.15, -0.1) is 0 Å². The second-order valence-corrected chi connectivity index (χ2v) is 5.99. The Balaban J connectivity index is 2.38. The maximum atomic E-state index is 13.6. The van der Waals surface area contributed by atoms with Crippen molar-refractivity contribution >= 4 is 27.3 Å². The monoisotopic (exact) mass is 310 g/mol. The van der Waals surface area contributed by atoms with Crippen molar-refractivity contribution in [3.63, 3.8) is 0 Å². The van der Waals surface area contributed by atoms with Crippen molar-refractivity contribution in [2.45, 2.75) is 4.90 Å². The van der Waals surface area contributed by atoms with Crippen LogP contribution in [0.5, 0.6) is 0 Å². The molecular formula is C13H8ClFN2O2S. The van der Waals surface area contributed by atoms with E-state index in [-0.39, 0.29) is 21.2 Å². The molecule has 0 bridgehead atoms. The Morgan fingerprint density at radius 2 is 1.95 bits per heavy atom. The normalized spacial score (nSPS) is 10.8. The van der Waals surface area contributed by atoms with Crippen molar-refractivity contribution in [3.8, 4) is 6.07 Å². The SMILES string of the molecule is N#Cc1cccc(S(=O)(=O)Nc2ccc(Cl)cc2F)c1. The fourth-order valence-electron chi connectivity index (χ4n) is 1.51.